The molecular weight excluding hydrogens is 391 g/mol. The van der Waals surface area contributed by atoms with Gasteiger partial charge < -0.3 is 24.1 Å². The molecule has 0 saturated carbocycles. The van der Waals surface area contributed by atoms with Crippen LogP contribution >= 0.6 is 0 Å². The minimum absolute atomic E-state index is 0.0482. The van der Waals surface area contributed by atoms with Crippen molar-refractivity contribution in [3.63, 3.8) is 0 Å². The number of rotatable bonds is 3. The number of nitrogens with one attached hydrogen (secondary N) is 1. The predicted molar refractivity (Wildman–Crippen MR) is 105 cm³/mol. The van der Waals surface area contributed by atoms with Gasteiger partial charge in [0.2, 0.25) is 18.6 Å². The maximum atomic E-state index is 13.0. The lowest BCUT2D eigenvalue weighted by Gasteiger charge is -2.31. The zero-order chi connectivity index (χ0) is 20.5. The lowest BCUT2D eigenvalue weighted by Crippen LogP contribution is -2.41. The molecule has 3 heterocycles. The third-order valence-electron chi connectivity index (χ3n) is 5.21. The van der Waals surface area contributed by atoms with Crippen LogP contribution < -0.4 is 14.8 Å². The van der Waals surface area contributed by atoms with Crippen LogP contribution in [0.2, 0.25) is 0 Å². The second-order valence-electron chi connectivity index (χ2n) is 7.24. The van der Waals surface area contributed by atoms with E-state index >= 15 is 0 Å². The van der Waals surface area contributed by atoms with Crippen LogP contribution in [0.3, 0.4) is 0 Å². The quantitative estimate of drug-likeness (QED) is 0.702. The van der Waals surface area contributed by atoms with Crippen LogP contribution in [0.1, 0.15) is 24.7 Å². The number of carbonyl (C=O) groups is 1. The Balaban J connectivity index is 1.27. The summed E-state index contributed by atoms with van der Waals surface area (Å²) < 4.78 is 29.7. The third kappa shape index (κ3) is 3.66. The van der Waals surface area contributed by atoms with E-state index in [0.29, 0.717) is 42.1 Å². The molecule has 0 aliphatic carbocycles. The molecule has 8 nitrogen and oxygen atoms in total. The first-order valence-corrected chi connectivity index (χ1v) is 9.70. The van der Waals surface area contributed by atoms with Crippen molar-refractivity contribution in [1.82, 2.24) is 15.1 Å². The fourth-order valence-corrected chi connectivity index (χ4v) is 3.64. The lowest BCUT2D eigenvalue weighted by atomic mass is 9.98. The van der Waals surface area contributed by atoms with Crippen LogP contribution in [-0.4, -0.2) is 41.0 Å². The van der Waals surface area contributed by atoms with Crippen molar-refractivity contribution in [1.29, 1.82) is 0 Å². The van der Waals surface area contributed by atoms with Crippen molar-refractivity contribution in [2.24, 2.45) is 0 Å². The summed E-state index contributed by atoms with van der Waals surface area (Å²) in [4.78, 5) is 14.3. The summed E-state index contributed by atoms with van der Waals surface area (Å²) in [5.74, 6) is 1.84. The van der Waals surface area contributed by atoms with Gasteiger partial charge in [-0.2, -0.15) is 0 Å². The van der Waals surface area contributed by atoms with Gasteiger partial charge in [-0.3, -0.25) is 0 Å². The monoisotopic (exact) mass is 410 g/mol. The Morgan fingerprint density at radius 1 is 1.10 bits per heavy atom. The molecule has 2 aliphatic rings. The highest BCUT2D eigenvalue weighted by Crippen LogP contribution is 2.36. The summed E-state index contributed by atoms with van der Waals surface area (Å²) >= 11 is 0. The number of aromatic nitrogens is 2. The van der Waals surface area contributed by atoms with Crippen molar-refractivity contribution >= 4 is 11.7 Å². The molecule has 0 spiro atoms. The zero-order valence-electron chi connectivity index (χ0n) is 16.0. The maximum absolute atomic E-state index is 13.0. The number of urea groups is 1. The van der Waals surface area contributed by atoms with E-state index in [2.05, 4.69) is 15.5 Å². The van der Waals surface area contributed by atoms with E-state index in [-0.39, 0.29) is 24.6 Å². The van der Waals surface area contributed by atoms with Gasteiger partial charge in [0.15, 0.2) is 11.5 Å². The van der Waals surface area contributed by atoms with Gasteiger partial charge in [0.1, 0.15) is 5.82 Å². The fraction of sp³-hybridized carbons (Fsp3) is 0.286. The molecule has 0 bridgehead atoms. The summed E-state index contributed by atoms with van der Waals surface area (Å²) in [6.45, 7) is 1.30. The Morgan fingerprint density at radius 2 is 1.93 bits per heavy atom. The van der Waals surface area contributed by atoms with Crippen LogP contribution in [0.15, 0.2) is 46.9 Å². The van der Waals surface area contributed by atoms with E-state index in [1.54, 1.807) is 4.90 Å². The van der Waals surface area contributed by atoms with Crippen LogP contribution in [0.25, 0.3) is 11.5 Å². The van der Waals surface area contributed by atoms with Gasteiger partial charge in [0.05, 0.1) is 5.92 Å². The van der Waals surface area contributed by atoms with Gasteiger partial charge in [-0.25, -0.2) is 9.18 Å². The number of likely N-dealkylation sites (tertiary alicyclic amines) is 1. The number of fused-ring (bicyclic) bond motifs is 1. The predicted octanol–water partition coefficient (Wildman–Crippen LogP) is 4.02. The van der Waals surface area contributed by atoms with Crippen molar-refractivity contribution in [2.45, 2.75) is 18.8 Å². The largest absolute Gasteiger partial charge is 0.454 e. The van der Waals surface area contributed by atoms with E-state index in [0.717, 1.165) is 18.4 Å². The van der Waals surface area contributed by atoms with Crippen LogP contribution in [0, 0.1) is 5.82 Å². The van der Waals surface area contributed by atoms with Crippen molar-refractivity contribution in [3.8, 4) is 23.0 Å². The van der Waals surface area contributed by atoms with Gasteiger partial charge in [0, 0.05) is 24.3 Å². The molecule has 1 N–H and O–H groups in total. The standard InChI is InChI=1S/C21H19FN4O4/c22-15-4-6-16(7-5-15)23-21(27)26-9-1-2-14(11-26)20-25-24-19(30-20)13-3-8-17-18(10-13)29-12-28-17/h3-8,10,14H,1-2,9,11-12H2,(H,23,27)/t14-/m1/s1. The Labute approximate surface area is 171 Å². The first-order valence-electron chi connectivity index (χ1n) is 9.70. The van der Waals surface area contributed by atoms with Crippen LogP contribution in [0.4, 0.5) is 14.9 Å². The molecule has 1 saturated heterocycles. The summed E-state index contributed by atoms with van der Waals surface area (Å²) in [5.41, 5.74) is 1.30. The fourth-order valence-electron chi connectivity index (χ4n) is 3.64. The van der Waals surface area contributed by atoms with Crippen LogP contribution in [0.5, 0.6) is 11.5 Å². The maximum Gasteiger partial charge on any atom is 0.321 e. The molecule has 0 unspecified atom stereocenters. The number of hydrogen-bond donors (Lipinski definition) is 1. The third-order valence-corrected chi connectivity index (χ3v) is 5.21. The minimum Gasteiger partial charge on any atom is -0.454 e. The summed E-state index contributed by atoms with van der Waals surface area (Å²) in [5, 5.41) is 11.2. The van der Waals surface area contributed by atoms with E-state index in [4.69, 9.17) is 13.9 Å². The molecule has 5 rings (SSSR count). The molecule has 2 aromatic carbocycles. The molecule has 0 radical (unpaired) electrons. The molecule has 2 amide bonds. The zero-order valence-corrected chi connectivity index (χ0v) is 16.0. The van der Waals surface area contributed by atoms with Gasteiger partial charge in [-0.15, -0.1) is 10.2 Å². The Hall–Kier alpha value is -3.62. The second kappa shape index (κ2) is 7.66. The van der Waals surface area contributed by atoms with Crippen molar-refractivity contribution < 1.29 is 23.1 Å². The molecule has 2 aliphatic heterocycles. The summed E-state index contributed by atoms with van der Waals surface area (Å²) in [6.07, 6.45) is 1.67. The molecule has 1 atom stereocenters. The molecule has 1 aromatic heterocycles. The Bertz CT molecular complexity index is 1070. The lowest BCUT2D eigenvalue weighted by molar-refractivity contribution is 0.174. The first-order chi connectivity index (χ1) is 14.7. The van der Waals surface area contributed by atoms with E-state index in [1.807, 2.05) is 18.2 Å². The van der Waals surface area contributed by atoms with Gasteiger partial charge in [-0.05, 0) is 55.3 Å². The molecule has 1 fully saturated rings. The number of nitrogens with zero attached hydrogens (tertiary/aromatic N) is 3. The number of benzene rings is 2. The number of ether oxygens (including phenoxy) is 2. The molecule has 3 aromatic rings. The Morgan fingerprint density at radius 3 is 2.80 bits per heavy atom. The molecule has 154 valence electrons. The van der Waals surface area contributed by atoms with E-state index < -0.39 is 0 Å². The SMILES string of the molecule is O=C(Nc1ccc(F)cc1)N1CCC[C@@H](c2nnc(-c3ccc4c(c3)OCO4)o2)C1. The average molecular weight is 410 g/mol. The normalized spacial score (nSPS) is 17.8. The Kier molecular flexibility index (Phi) is 4.70. The number of hydrogen-bond acceptors (Lipinski definition) is 6. The van der Waals surface area contributed by atoms with Gasteiger partial charge >= 0.3 is 6.03 Å². The molecule has 9 heteroatoms. The first kappa shape index (κ1) is 18.4. The minimum atomic E-state index is -0.347. The molecule has 30 heavy (non-hydrogen) atoms. The summed E-state index contributed by atoms with van der Waals surface area (Å²) in [7, 11) is 0. The summed E-state index contributed by atoms with van der Waals surface area (Å²) in [6, 6.07) is 10.9. The van der Waals surface area contributed by atoms with Crippen molar-refractivity contribution in [2.75, 3.05) is 25.2 Å². The number of anilines is 1. The number of piperidine rings is 1. The average Bonchev–Trinajstić information content (AvgIpc) is 3.44. The number of amides is 2. The number of halogens is 1. The van der Waals surface area contributed by atoms with Crippen LogP contribution in [-0.2, 0) is 0 Å². The smallest absolute Gasteiger partial charge is 0.321 e. The highest BCUT2D eigenvalue weighted by atomic mass is 19.1. The van der Waals surface area contributed by atoms with E-state index in [9.17, 15) is 9.18 Å². The van der Waals surface area contributed by atoms with Gasteiger partial charge in [0.25, 0.3) is 0 Å². The number of carbonyl (C=O) groups excluding carboxylic acids is 1. The van der Waals surface area contributed by atoms with E-state index in [1.165, 1.54) is 24.3 Å². The van der Waals surface area contributed by atoms with Gasteiger partial charge in [-0.1, -0.05) is 0 Å². The highest BCUT2D eigenvalue weighted by Gasteiger charge is 2.29. The van der Waals surface area contributed by atoms with Crippen molar-refractivity contribution in [3.05, 3.63) is 54.2 Å². The topological polar surface area (TPSA) is 89.7 Å². The second-order valence-corrected chi connectivity index (χ2v) is 7.24. The molecular formula is C21H19FN4O4. The highest BCUT2D eigenvalue weighted by molar-refractivity contribution is 5.89.